The molecule has 13 heavy (non-hydrogen) atoms. The minimum absolute atomic E-state index is 0.757. The largest absolute Gasteiger partial charge is 0.0651 e. The van der Waals surface area contributed by atoms with Crippen molar-refractivity contribution in [2.24, 2.45) is 29.1 Å². The number of rotatable bonds is 4. The Morgan fingerprint density at radius 1 is 1.38 bits per heavy atom. The van der Waals surface area contributed by atoms with Gasteiger partial charge >= 0.3 is 0 Å². The Balaban J connectivity index is 1.82. The maximum Gasteiger partial charge on any atom is -0.0294 e. The van der Waals surface area contributed by atoms with Crippen molar-refractivity contribution >= 4 is 0 Å². The van der Waals surface area contributed by atoms with Gasteiger partial charge in [-0.15, -0.1) is 0 Å². The summed E-state index contributed by atoms with van der Waals surface area (Å²) in [6.45, 7) is 9.63. The Morgan fingerprint density at radius 2 is 2.08 bits per heavy atom. The molecule has 2 saturated carbocycles. The van der Waals surface area contributed by atoms with Crippen LogP contribution >= 0.6 is 0 Å². The fourth-order valence-electron chi connectivity index (χ4n) is 3.17. The van der Waals surface area contributed by atoms with Gasteiger partial charge in [0.2, 0.25) is 0 Å². The van der Waals surface area contributed by atoms with Gasteiger partial charge in [-0.25, -0.2) is 0 Å². The van der Waals surface area contributed by atoms with Gasteiger partial charge in [0.25, 0.3) is 0 Å². The average molecular weight is 180 g/mol. The third kappa shape index (κ3) is 1.53. The topological polar surface area (TPSA) is 0 Å². The van der Waals surface area contributed by atoms with E-state index in [1.54, 1.807) is 6.42 Å². The second-order valence-electron chi connectivity index (χ2n) is 5.77. The zero-order valence-corrected chi connectivity index (χ0v) is 9.64. The Bertz CT molecular complexity index is 196. The molecule has 0 N–H and O–H groups in total. The van der Waals surface area contributed by atoms with Crippen LogP contribution in [0.25, 0.3) is 0 Å². The van der Waals surface area contributed by atoms with Crippen LogP contribution in [0.1, 0.15) is 53.4 Å². The number of hydrogen-bond acceptors (Lipinski definition) is 0. The van der Waals surface area contributed by atoms with Gasteiger partial charge in [0.1, 0.15) is 0 Å². The molecule has 2 fully saturated rings. The summed E-state index contributed by atoms with van der Waals surface area (Å²) in [5.74, 6) is 4.33. The number of hydrogen-bond donors (Lipinski definition) is 0. The normalized spacial score (nSPS) is 50.3. The Morgan fingerprint density at radius 3 is 2.54 bits per heavy atom. The first-order valence-corrected chi connectivity index (χ1v) is 6.12. The molecule has 0 aromatic heterocycles. The molecule has 0 aromatic carbocycles. The molecule has 0 bridgehead atoms. The predicted molar refractivity (Wildman–Crippen MR) is 57.6 cm³/mol. The quantitative estimate of drug-likeness (QED) is 0.611. The lowest BCUT2D eigenvalue weighted by Gasteiger charge is -2.09. The van der Waals surface area contributed by atoms with Crippen molar-refractivity contribution in [2.75, 3.05) is 0 Å². The first-order valence-electron chi connectivity index (χ1n) is 6.12. The van der Waals surface area contributed by atoms with E-state index in [1.807, 2.05) is 0 Å². The van der Waals surface area contributed by atoms with Crippen LogP contribution < -0.4 is 0 Å². The van der Waals surface area contributed by atoms with Crippen LogP contribution in [0.5, 0.6) is 0 Å². The van der Waals surface area contributed by atoms with Gasteiger partial charge in [0.15, 0.2) is 0 Å². The molecular weight excluding hydrogens is 156 g/mol. The highest BCUT2D eigenvalue weighted by Crippen LogP contribution is 2.67. The van der Waals surface area contributed by atoms with Crippen LogP contribution in [-0.4, -0.2) is 0 Å². The molecule has 2 rings (SSSR count). The molecule has 2 aliphatic rings. The summed E-state index contributed by atoms with van der Waals surface area (Å²) in [4.78, 5) is 0. The van der Waals surface area contributed by atoms with E-state index in [0.29, 0.717) is 0 Å². The molecule has 0 saturated heterocycles. The fraction of sp³-hybridized carbons (Fsp3) is 1.00. The van der Waals surface area contributed by atoms with Crippen molar-refractivity contribution < 1.29 is 0 Å². The minimum Gasteiger partial charge on any atom is -0.0651 e. The average Bonchev–Trinajstić information content (AvgIpc) is 2.98. The van der Waals surface area contributed by atoms with Crippen molar-refractivity contribution in [1.29, 1.82) is 0 Å². The maximum absolute atomic E-state index is 2.49. The molecule has 2 aliphatic carbocycles. The van der Waals surface area contributed by atoms with Crippen LogP contribution in [-0.2, 0) is 0 Å². The van der Waals surface area contributed by atoms with Crippen LogP contribution in [0.15, 0.2) is 0 Å². The van der Waals surface area contributed by atoms with Crippen molar-refractivity contribution in [3.8, 4) is 0 Å². The minimum atomic E-state index is 0.757. The van der Waals surface area contributed by atoms with E-state index in [9.17, 15) is 0 Å². The molecule has 76 valence electrons. The smallest absolute Gasteiger partial charge is 0.0294 e. The summed E-state index contributed by atoms with van der Waals surface area (Å²) in [5, 5.41) is 0. The summed E-state index contributed by atoms with van der Waals surface area (Å²) in [5.41, 5.74) is 0.757. The SMILES string of the molecule is CCC(C)C1CC1C1CC1(C)CC. The standard InChI is InChI=1S/C13H24/c1-5-9(3)10-7-11(10)12-8-13(12,4)6-2/h9-12H,5-8H2,1-4H3. The third-order valence-corrected chi connectivity index (χ3v) is 5.01. The zero-order chi connectivity index (χ0) is 9.64. The molecule has 0 heteroatoms. The molecular formula is C13H24. The maximum atomic E-state index is 2.49. The van der Waals surface area contributed by atoms with Gasteiger partial charge in [-0.05, 0) is 41.9 Å². The van der Waals surface area contributed by atoms with Gasteiger partial charge in [-0.2, -0.15) is 0 Å². The van der Waals surface area contributed by atoms with Gasteiger partial charge in [-0.3, -0.25) is 0 Å². The van der Waals surface area contributed by atoms with E-state index < -0.39 is 0 Å². The molecule has 0 aliphatic heterocycles. The Hall–Kier alpha value is 0. The van der Waals surface area contributed by atoms with E-state index in [-0.39, 0.29) is 0 Å². The van der Waals surface area contributed by atoms with E-state index in [1.165, 1.54) is 19.3 Å². The molecule has 5 unspecified atom stereocenters. The van der Waals surface area contributed by atoms with Gasteiger partial charge < -0.3 is 0 Å². The molecule has 0 heterocycles. The van der Waals surface area contributed by atoms with Crippen LogP contribution in [0.2, 0.25) is 0 Å². The summed E-state index contributed by atoms with van der Waals surface area (Å²) in [6, 6.07) is 0. The second-order valence-corrected chi connectivity index (χ2v) is 5.77. The molecule has 0 amide bonds. The van der Waals surface area contributed by atoms with Crippen molar-refractivity contribution in [2.45, 2.75) is 53.4 Å². The Kier molecular flexibility index (Phi) is 2.20. The lowest BCUT2D eigenvalue weighted by atomic mass is 9.96. The molecule has 5 atom stereocenters. The van der Waals surface area contributed by atoms with E-state index >= 15 is 0 Å². The highest BCUT2D eigenvalue weighted by Gasteiger charge is 2.59. The van der Waals surface area contributed by atoms with E-state index in [0.717, 1.165) is 29.1 Å². The summed E-state index contributed by atoms with van der Waals surface area (Å²) in [6.07, 6.45) is 5.87. The molecule has 0 spiro atoms. The van der Waals surface area contributed by atoms with E-state index in [4.69, 9.17) is 0 Å². The third-order valence-electron chi connectivity index (χ3n) is 5.01. The predicted octanol–water partition coefficient (Wildman–Crippen LogP) is 4.10. The lowest BCUT2D eigenvalue weighted by molar-refractivity contribution is 0.397. The van der Waals surface area contributed by atoms with Gasteiger partial charge in [0.05, 0.1) is 0 Å². The van der Waals surface area contributed by atoms with Crippen molar-refractivity contribution in [3.63, 3.8) is 0 Å². The highest BCUT2D eigenvalue weighted by atomic mass is 14.6. The second kappa shape index (κ2) is 3.00. The fourth-order valence-corrected chi connectivity index (χ4v) is 3.17. The van der Waals surface area contributed by atoms with Crippen LogP contribution in [0.3, 0.4) is 0 Å². The summed E-state index contributed by atoms with van der Waals surface area (Å²) in [7, 11) is 0. The molecule has 0 radical (unpaired) electrons. The zero-order valence-electron chi connectivity index (χ0n) is 9.64. The van der Waals surface area contributed by atoms with Crippen LogP contribution in [0, 0.1) is 29.1 Å². The first-order chi connectivity index (χ1) is 6.12. The lowest BCUT2D eigenvalue weighted by Crippen LogP contribution is -2.02. The first kappa shape index (κ1) is 9.55. The van der Waals surface area contributed by atoms with Crippen molar-refractivity contribution in [3.05, 3.63) is 0 Å². The highest BCUT2D eigenvalue weighted by molar-refractivity contribution is 5.08. The van der Waals surface area contributed by atoms with Gasteiger partial charge in [-0.1, -0.05) is 40.5 Å². The van der Waals surface area contributed by atoms with Gasteiger partial charge in [0, 0.05) is 0 Å². The summed E-state index contributed by atoms with van der Waals surface area (Å²) < 4.78 is 0. The van der Waals surface area contributed by atoms with Crippen molar-refractivity contribution in [1.82, 2.24) is 0 Å². The molecule has 0 nitrogen and oxygen atoms in total. The Labute approximate surface area is 83.1 Å². The summed E-state index contributed by atoms with van der Waals surface area (Å²) >= 11 is 0. The van der Waals surface area contributed by atoms with Crippen LogP contribution in [0.4, 0.5) is 0 Å². The molecule has 0 aromatic rings. The van der Waals surface area contributed by atoms with E-state index in [2.05, 4.69) is 27.7 Å². The monoisotopic (exact) mass is 180 g/mol.